The third-order valence-electron chi connectivity index (χ3n) is 4.92. The number of carbonyl (C=O) groups excluding carboxylic acids is 1. The molecule has 0 bridgehead atoms. The average Bonchev–Trinajstić information content (AvgIpc) is 3.07. The van der Waals surface area contributed by atoms with Crippen LogP contribution in [-0.2, 0) is 17.6 Å². The van der Waals surface area contributed by atoms with E-state index in [-0.39, 0.29) is 5.91 Å². The summed E-state index contributed by atoms with van der Waals surface area (Å²) in [6.07, 6.45) is 2.39. The lowest BCUT2D eigenvalue weighted by Crippen LogP contribution is -2.29. The van der Waals surface area contributed by atoms with Crippen molar-refractivity contribution in [2.45, 2.75) is 25.2 Å². The zero-order valence-corrected chi connectivity index (χ0v) is 15.5. The maximum atomic E-state index is 12.3. The average molecular weight is 355 g/mol. The molecule has 1 aliphatic rings. The van der Waals surface area contributed by atoms with Gasteiger partial charge in [0.2, 0.25) is 5.91 Å². The molecule has 0 saturated carbocycles. The molecule has 0 heterocycles. The molecule has 1 atom stereocenters. The molecule has 0 aliphatic heterocycles. The van der Waals surface area contributed by atoms with Gasteiger partial charge in [-0.3, -0.25) is 4.79 Å². The van der Waals surface area contributed by atoms with Crippen molar-refractivity contribution in [3.05, 3.63) is 53.1 Å². The second-order valence-electron chi connectivity index (χ2n) is 6.47. The SMILES string of the molecule is COc1ccc(CC(=O)NCC2CCc3cc(OC)c(OC)cc32)cc1. The van der Waals surface area contributed by atoms with Crippen molar-refractivity contribution in [1.82, 2.24) is 5.32 Å². The minimum Gasteiger partial charge on any atom is -0.497 e. The Balaban J connectivity index is 1.60. The Labute approximate surface area is 154 Å². The third-order valence-corrected chi connectivity index (χ3v) is 4.92. The van der Waals surface area contributed by atoms with Crippen LogP contribution in [0.2, 0.25) is 0 Å². The number of ether oxygens (including phenoxy) is 3. The van der Waals surface area contributed by atoms with Crippen molar-refractivity contribution in [2.24, 2.45) is 0 Å². The molecular formula is C21H25NO4. The van der Waals surface area contributed by atoms with Crippen molar-refractivity contribution in [3.8, 4) is 17.2 Å². The fraction of sp³-hybridized carbons (Fsp3) is 0.381. The Morgan fingerprint density at radius 1 is 1.04 bits per heavy atom. The summed E-state index contributed by atoms with van der Waals surface area (Å²) in [6, 6.07) is 11.7. The minimum atomic E-state index is 0.0316. The quantitative estimate of drug-likeness (QED) is 0.829. The number of hydrogen-bond acceptors (Lipinski definition) is 4. The molecule has 0 saturated heterocycles. The van der Waals surface area contributed by atoms with E-state index in [2.05, 4.69) is 5.32 Å². The Morgan fingerprint density at radius 2 is 1.73 bits per heavy atom. The maximum absolute atomic E-state index is 12.3. The topological polar surface area (TPSA) is 56.8 Å². The number of hydrogen-bond donors (Lipinski definition) is 1. The normalized spacial score (nSPS) is 15.3. The molecule has 0 fully saturated rings. The summed E-state index contributed by atoms with van der Waals surface area (Å²) in [4.78, 5) is 12.3. The van der Waals surface area contributed by atoms with Crippen molar-refractivity contribution < 1.29 is 19.0 Å². The Hall–Kier alpha value is -2.69. The van der Waals surface area contributed by atoms with Crippen LogP contribution >= 0.6 is 0 Å². The summed E-state index contributed by atoms with van der Waals surface area (Å²) in [6.45, 7) is 0.636. The molecule has 1 N–H and O–H groups in total. The Bertz CT molecular complexity index is 770. The number of nitrogens with one attached hydrogen (secondary N) is 1. The van der Waals surface area contributed by atoms with Gasteiger partial charge in [0.1, 0.15) is 5.75 Å². The van der Waals surface area contributed by atoms with Gasteiger partial charge in [-0.15, -0.1) is 0 Å². The predicted octanol–water partition coefficient (Wildman–Crippen LogP) is 3.10. The zero-order chi connectivity index (χ0) is 18.5. The highest BCUT2D eigenvalue weighted by atomic mass is 16.5. The molecule has 2 aromatic carbocycles. The molecule has 2 aromatic rings. The summed E-state index contributed by atoms with van der Waals surface area (Å²) in [7, 11) is 4.92. The van der Waals surface area contributed by atoms with E-state index < -0.39 is 0 Å². The van der Waals surface area contributed by atoms with Gasteiger partial charge in [-0.25, -0.2) is 0 Å². The van der Waals surface area contributed by atoms with Crippen LogP contribution in [0.5, 0.6) is 17.2 Å². The van der Waals surface area contributed by atoms with Crippen LogP contribution in [-0.4, -0.2) is 33.8 Å². The van der Waals surface area contributed by atoms with Crippen molar-refractivity contribution in [1.29, 1.82) is 0 Å². The number of fused-ring (bicyclic) bond motifs is 1. The van der Waals surface area contributed by atoms with E-state index in [0.29, 0.717) is 18.9 Å². The summed E-state index contributed by atoms with van der Waals surface area (Å²) in [5, 5.41) is 3.07. The van der Waals surface area contributed by atoms with E-state index >= 15 is 0 Å². The number of aryl methyl sites for hydroxylation is 1. The fourth-order valence-electron chi connectivity index (χ4n) is 3.46. The molecule has 0 spiro atoms. The first-order valence-corrected chi connectivity index (χ1v) is 8.79. The third kappa shape index (κ3) is 3.93. The van der Waals surface area contributed by atoms with E-state index in [1.807, 2.05) is 36.4 Å². The van der Waals surface area contributed by atoms with Gasteiger partial charge in [-0.05, 0) is 53.8 Å². The zero-order valence-electron chi connectivity index (χ0n) is 15.5. The highest BCUT2D eigenvalue weighted by Gasteiger charge is 2.25. The predicted molar refractivity (Wildman–Crippen MR) is 100 cm³/mol. The van der Waals surface area contributed by atoms with Crippen LogP contribution in [0.15, 0.2) is 36.4 Å². The molecule has 5 heteroatoms. The van der Waals surface area contributed by atoms with Crippen LogP contribution in [0.25, 0.3) is 0 Å². The van der Waals surface area contributed by atoms with E-state index in [9.17, 15) is 4.79 Å². The second-order valence-corrected chi connectivity index (χ2v) is 6.47. The van der Waals surface area contributed by atoms with Gasteiger partial charge in [0.05, 0.1) is 27.8 Å². The fourth-order valence-corrected chi connectivity index (χ4v) is 3.46. The summed E-state index contributed by atoms with van der Waals surface area (Å²) in [5.74, 6) is 2.63. The lowest BCUT2D eigenvalue weighted by molar-refractivity contribution is -0.120. The number of methoxy groups -OCH3 is 3. The van der Waals surface area contributed by atoms with E-state index in [0.717, 1.165) is 35.7 Å². The summed E-state index contributed by atoms with van der Waals surface area (Å²) >= 11 is 0. The summed E-state index contributed by atoms with van der Waals surface area (Å²) < 4.78 is 15.9. The Kier molecular flexibility index (Phi) is 5.66. The second kappa shape index (κ2) is 8.13. The Morgan fingerprint density at radius 3 is 2.38 bits per heavy atom. The monoisotopic (exact) mass is 355 g/mol. The largest absolute Gasteiger partial charge is 0.497 e. The first kappa shape index (κ1) is 18.1. The van der Waals surface area contributed by atoms with Gasteiger partial charge < -0.3 is 19.5 Å². The van der Waals surface area contributed by atoms with E-state index in [1.165, 1.54) is 11.1 Å². The van der Waals surface area contributed by atoms with Crippen molar-refractivity contribution >= 4 is 5.91 Å². The van der Waals surface area contributed by atoms with Gasteiger partial charge in [0.25, 0.3) is 0 Å². The molecule has 26 heavy (non-hydrogen) atoms. The van der Waals surface area contributed by atoms with Crippen molar-refractivity contribution in [3.63, 3.8) is 0 Å². The number of rotatable bonds is 7. The van der Waals surface area contributed by atoms with Gasteiger partial charge in [-0.1, -0.05) is 12.1 Å². The van der Waals surface area contributed by atoms with E-state index in [4.69, 9.17) is 14.2 Å². The lowest BCUT2D eigenvalue weighted by atomic mass is 10.0. The van der Waals surface area contributed by atoms with Gasteiger partial charge in [0, 0.05) is 12.5 Å². The lowest BCUT2D eigenvalue weighted by Gasteiger charge is -2.15. The minimum absolute atomic E-state index is 0.0316. The molecule has 0 aromatic heterocycles. The smallest absolute Gasteiger partial charge is 0.224 e. The van der Waals surface area contributed by atoms with Crippen LogP contribution in [0.1, 0.15) is 29.0 Å². The molecule has 5 nitrogen and oxygen atoms in total. The molecule has 1 unspecified atom stereocenters. The summed E-state index contributed by atoms with van der Waals surface area (Å²) in [5.41, 5.74) is 3.49. The first-order valence-electron chi connectivity index (χ1n) is 8.79. The number of amides is 1. The van der Waals surface area contributed by atoms with Crippen LogP contribution < -0.4 is 19.5 Å². The van der Waals surface area contributed by atoms with Gasteiger partial charge in [-0.2, -0.15) is 0 Å². The number of benzene rings is 2. The number of carbonyl (C=O) groups is 1. The molecule has 1 amide bonds. The molecule has 138 valence electrons. The van der Waals surface area contributed by atoms with Gasteiger partial charge >= 0.3 is 0 Å². The first-order chi connectivity index (χ1) is 12.6. The van der Waals surface area contributed by atoms with Crippen molar-refractivity contribution in [2.75, 3.05) is 27.9 Å². The molecule has 1 aliphatic carbocycles. The molecular weight excluding hydrogens is 330 g/mol. The highest BCUT2D eigenvalue weighted by Crippen LogP contribution is 2.40. The van der Waals surface area contributed by atoms with Crippen LogP contribution in [0, 0.1) is 0 Å². The maximum Gasteiger partial charge on any atom is 0.224 e. The van der Waals surface area contributed by atoms with Gasteiger partial charge in [0.15, 0.2) is 11.5 Å². The van der Waals surface area contributed by atoms with Crippen LogP contribution in [0.4, 0.5) is 0 Å². The molecule has 0 radical (unpaired) electrons. The van der Waals surface area contributed by atoms with Crippen LogP contribution in [0.3, 0.4) is 0 Å². The van der Waals surface area contributed by atoms with E-state index in [1.54, 1.807) is 21.3 Å². The highest BCUT2D eigenvalue weighted by molar-refractivity contribution is 5.78. The molecule has 3 rings (SSSR count). The standard InChI is InChI=1S/C21H25NO4/c1-24-17-8-4-14(5-9-17)10-21(23)22-13-16-7-6-15-11-19(25-2)20(26-3)12-18(15)16/h4-5,8-9,11-12,16H,6-7,10,13H2,1-3H3,(H,22,23).